The molecular weight excluding hydrogens is 324 g/mol. The van der Waals surface area contributed by atoms with Crippen LogP contribution in [-0.2, 0) is 4.74 Å². The van der Waals surface area contributed by atoms with Crippen molar-refractivity contribution in [3.63, 3.8) is 0 Å². The van der Waals surface area contributed by atoms with Gasteiger partial charge in [0.05, 0.1) is 19.8 Å². The van der Waals surface area contributed by atoms with E-state index in [1.165, 1.54) is 63.8 Å². The van der Waals surface area contributed by atoms with Gasteiger partial charge < -0.3 is 14.7 Å². The summed E-state index contributed by atoms with van der Waals surface area (Å²) in [6.45, 7) is 7.31. The summed E-state index contributed by atoms with van der Waals surface area (Å²) < 4.78 is 5.45. The molecule has 0 bridgehead atoms. The summed E-state index contributed by atoms with van der Waals surface area (Å²) >= 11 is 0. The number of hydrogen-bond acceptors (Lipinski definition) is 4. The number of piperidine rings is 2. The summed E-state index contributed by atoms with van der Waals surface area (Å²) in [6.07, 6.45) is 6.81. The third-order valence-electron chi connectivity index (χ3n) is 6.71. The fourth-order valence-electron chi connectivity index (χ4n) is 5.07. The lowest BCUT2D eigenvalue weighted by Gasteiger charge is -2.50. The molecule has 26 heavy (non-hydrogen) atoms. The minimum Gasteiger partial charge on any atom is -0.394 e. The van der Waals surface area contributed by atoms with Gasteiger partial charge in [-0.15, -0.1) is 0 Å². The normalized spacial score (nSPS) is 27.0. The molecule has 0 radical (unpaired) electrons. The highest BCUT2D eigenvalue weighted by molar-refractivity contribution is 5.22. The first-order valence-corrected chi connectivity index (χ1v) is 10.5. The number of nitrogens with zero attached hydrogens (tertiary/aromatic N) is 2. The average molecular weight is 359 g/mol. The molecule has 2 aliphatic heterocycles. The molecule has 4 nitrogen and oxygen atoms in total. The predicted octanol–water partition coefficient (Wildman–Crippen LogP) is 2.73. The molecule has 0 unspecified atom stereocenters. The predicted molar refractivity (Wildman–Crippen MR) is 104 cm³/mol. The van der Waals surface area contributed by atoms with Crippen molar-refractivity contribution in [2.24, 2.45) is 5.41 Å². The standard InChI is InChI=1S/C22H34N2O2/c25-13-15-26-14-12-23-10-8-22(9-11-23)16-20(19-4-2-1-3-5-19)17-24(18-22)21-6-7-21/h1-5,20-21,25H,6-18H2/t20-/m1/s1. The number of likely N-dealkylation sites (tertiary alicyclic amines) is 2. The van der Waals surface area contributed by atoms with E-state index in [9.17, 15) is 0 Å². The van der Waals surface area contributed by atoms with Gasteiger partial charge in [-0.1, -0.05) is 30.3 Å². The molecule has 1 aromatic rings. The first-order valence-electron chi connectivity index (χ1n) is 10.5. The Kier molecular flexibility index (Phi) is 5.94. The number of rotatable bonds is 7. The Balaban J connectivity index is 1.37. The summed E-state index contributed by atoms with van der Waals surface area (Å²) in [5.41, 5.74) is 2.04. The molecule has 2 saturated heterocycles. The van der Waals surface area contributed by atoms with Crippen LogP contribution in [0, 0.1) is 5.41 Å². The first kappa shape index (κ1) is 18.4. The summed E-state index contributed by atoms with van der Waals surface area (Å²) in [6, 6.07) is 12.1. The Morgan fingerprint density at radius 2 is 1.85 bits per heavy atom. The molecule has 0 aromatic heterocycles. The van der Waals surface area contributed by atoms with E-state index < -0.39 is 0 Å². The lowest BCUT2D eigenvalue weighted by Crippen LogP contribution is -2.52. The minimum absolute atomic E-state index is 0.126. The van der Waals surface area contributed by atoms with E-state index in [2.05, 4.69) is 40.1 Å². The SMILES string of the molecule is OCCOCCN1CCC2(CC1)C[C@@H](c1ccccc1)CN(C1CC1)C2. The van der Waals surface area contributed by atoms with Gasteiger partial charge in [-0.3, -0.25) is 4.90 Å². The Morgan fingerprint density at radius 1 is 1.08 bits per heavy atom. The van der Waals surface area contributed by atoms with Gasteiger partial charge >= 0.3 is 0 Å². The molecule has 1 aromatic carbocycles. The quantitative estimate of drug-likeness (QED) is 0.761. The smallest absolute Gasteiger partial charge is 0.0698 e. The van der Waals surface area contributed by atoms with E-state index >= 15 is 0 Å². The lowest BCUT2D eigenvalue weighted by molar-refractivity contribution is 0.000461. The van der Waals surface area contributed by atoms with Gasteiger partial charge in [-0.25, -0.2) is 0 Å². The Bertz CT molecular complexity index is 553. The van der Waals surface area contributed by atoms with Crippen molar-refractivity contribution in [3.8, 4) is 0 Å². The lowest BCUT2D eigenvalue weighted by atomic mass is 9.68. The Labute approximate surface area is 158 Å². The fraction of sp³-hybridized carbons (Fsp3) is 0.727. The van der Waals surface area contributed by atoms with Gasteiger partial charge in [0.1, 0.15) is 0 Å². The maximum atomic E-state index is 8.82. The van der Waals surface area contributed by atoms with Crippen molar-refractivity contribution in [2.45, 2.75) is 44.1 Å². The molecule has 3 fully saturated rings. The van der Waals surface area contributed by atoms with E-state index in [0.717, 1.165) is 19.2 Å². The van der Waals surface area contributed by atoms with Crippen LogP contribution in [0.2, 0.25) is 0 Å². The zero-order valence-electron chi connectivity index (χ0n) is 16.0. The number of benzene rings is 1. The molecular formula is C22H34N2O2. The highest BCUT2D eigenvalue weighted by Crippen LogP contribution is 2.47. The zero-order chi connectivity index (χ0) is 17.8. The molecule has 4 heteroatoms. The van der Waals surface area contributed by atoms with Crippen LogP contribution in [0.25, 0.3) is 0 Å². The topological polar surface area (TPSA) is 35.9 Å². The molecule has 4 rings (SSSR count). The molecule has 1 spiro atoms. The highest BCUT2D eigenvalue weighted by Gasteiger charge is 2.45. The van der Waals surface area contributed by atoms with Crippen LogP contribution in [0.3, 0.4) is 0 Å². The maximum absolute atomic E-state index is 8.82. The highest BCUT2D eigenvalue weighted by atomic mass is 16.5. The number of hydrogen-bond donors (Lipinski definition) is 1. The first-order chi connectivity index (χ1) is 12.8. The van der Waals surface area contributed by atoms with Gasteiger partial charge in [-0.05, 0) is 62.1 Å². The van der Waals surface area contributed by atoms with E-state index in [1.807, 2.05) is 0 Å². The number of aliphatic hydroxyl groups excluding tert-OH is 1. The second-order valence-corrected chi connectivity index (χ2v) is 8.65. The second-order valence-electron chi connectivity index (χ2n) is 8.65. The molecule has 3 aliphatic rings. The van der Waals surface area contributed by atoms with E-state index in [0.29, 0.717) is 17.9 Å². The molecule has 2 heterocycles. The van der Waals surface area contributed by atoms with Crippen LogP contribution in [0.1, 0.15) is 43.6 Å². The molecule has 0 amide bonds. The summed E-state index contributed by atoms with van der Waals surface area (Å²) in [5.74, 6) is 0.699. The third kappa shape index (κ3) is 4.48. The van der Waals surface area contributed by atoms with Crippen molar-refractivity contribution in [3.05, 3.63) is 35.9 Å². The zero-order valence-corrected chi connectivity index (χ0v) is 16.0. The van der Waals surface area contributed by atoms with E-state index in [-0.39, 0.29) is 6.61 Å². The largest absolute Gasteiger partial charge is 0.394 e. The number of ether oxygens (including phenoxy) is 1. The molecule has 1 aliphatic carbocycles. The number of aliphatic hydroxyl groups is 1. The van der Waals surface area contributed by atoms with Crippen molar-refractivity contribution in [1.82, 2.24) is 9.80 Å². The van der Waals surface area contributed by atoms with Crippen molar-refractivity contribution in [2.75, 3.05) is 52.5 Å². The van der Waals surface area contributed by atoms with E-state index in [1.54, 1.807) is 0 Å². The van der Waals surface area contributed by atoms with Crippen LogP contribution >= 0.6 is 0 Å². The maximum Gasteiger partial charge on any atom is 0.0698 e. The second kappa shape index (κ2) is 8.39. The molecule has 1 atom stereocenters. The average Bonchev–Trinajstić information content (AvgIpc) is 3.53. The van der Waals surface area contributed by atoms with Crippen LogP contribution in [0.5, 0.6) is 0 Å². The van der Waals surface area contributed by atoms with Gasteiger partial charge in [-0.2, -0.15) is 0 Å². The van der Waals surface area contributed by atoms with Gasteiger partial charge in [0.25, 0.3) is 0 Å². The van der Waals surface area contributed by atoms with Gasteiger partial charge in [0.15, 0.2) is 0 Å². The minimum atomic E-state index is 0.126. The summed E-state index contributed by atoms with van der Waals surface area (Å²) in [4.78, 5) is 5.37. The summed E-state index contributed by atoms with van der Waals surface area (Å²) in [7, 11) is 0. The van der Waals surface area contributed by atoms with Crippen molar-refractivity contribution < 1.29 is 9.84 Å². The van der Waals surface area contributed by atoms with Crippen LogP contribution < -0.4 is 0 Å². The van der Waals surface area contributed by atoms with Crippen LogP contribution in [-0.4, -0.2) is 73.5 Å². The molecule has 1 N–H and O–H groups in total. The van der Waals surface area contributed by atoms with Crippen LogP contribution in [0.4, 0.5) is 0 Å². The van der Waals surface area contributed by atoms with Crippen LogP contribution in [0.15, 0.2) is 30.3 Å². The molecule has 144 valence electrons. The van der Waals surface area contributed by atoms with E-state index in [4.69, 9.17) is 9.84 Å². The monoisotopic (exact) mass is 358 g/mol. The summed E-state index contributed by atoms with van der Waals surface area (Å²) in [5, 5.41) is 8.82. The van der Waals surface area contributed by atoms with Gasteiger partial charge in [0, 0.05) is 25.7 Å². The van der Waals surface area contributed by atoms with Gasteiger partial charge in [0.2, 0.25) is 0 Å². The Hall–Kier alpha value is -0.940. The fourth-order valence-corrected chi connectivity index (χ4v) is 5.07. The van der Waals surface area contributed by atoms with Crippen molar-refractivity contribution >= 4 is 0 Å². The molecule has 1 saturated carbocycles. The third-order valence-corrected chi connectivity index (χ3v) is 6.71. The van der Waals surface area contributed by atoms with Crippen molar-refractivity contribution in [1.29, 1.82) is 0 Å². The Morgan fingerprint density at radius 3 is 2.54 bits per heavy atom.